The van der Waals surface area contributed by atoms with E-state index < -0.39 is 9.84 Å². The molecule has 25 heavy (non-hydrogen) atoms. The Morgan fingerprint density at radius 2 is 2.04 bits per heavy atom. The van der Waals surface area contributed by atoms with Crippen molar-refractivity contribution in [1.82, 2.24) is 14.6 Å². The van der Waals surface area contributed by atoms with Crippen LogP contribution in [0.5, 0.6) is 0 Å². The van der Waals surface area contributed by atoms with Crippen LogP contribution in [0.25, 0.3) is 0 Å². The summed E-state index contributed by atoms with van der Waals surface area (Å²) in [6.45, 7) is 3.48. The lowest BCUT2D eigenvalue weighted by Gasteiger charge is -2.26. The number of sulfone groups is 1. The van der Waals surface area contributed by atoms with Gasteiger partial charge < -0.3 is 9.30 Å². The average molecular weight is 369 g/mol. The minimum Gasteiger partial charge on any atom is -0.376 e. The van der Waals surface area contributed by atoms with Gasteiger partial charge in [0.1, 0.15) is 0 Å². The summed E-state index contributed by atoms with van der Waals surface area (Å²) in [7, 11) is -3.35. The molecular formula is C17H27N3O4S. The van der Waals surface area contributed by atoms with Crippen LogP contribution in [0.15, 0.2) is 11.4 Å². The molecule has 0 unspecified atom stereocenters. The third-order valence-electron chi connectivity index (χ3n) is 5.16. The van der Waals surface area contributed by atoms with E-state index in [4.69, 9.17) is 9.57 Å². The first-order valence-corrected chi connectivity index (χ1v) is 11.0. The Balaban J connectivity index is 1.58. The van der Waals surface area contributed by atoms with E-state index in [1.807, 2.05) is 9.63 Å². The molecule has 0 N–H and O–H groups in total. The molecule has 3 heterocycles. The molecular weight excluding hydrogens is 342 g/mol. The smallest absolute Gasteiger partial charge is 0.227 e. The fraction of sp³-hybridized carbons (Fsp3) is 0.824. The first-order chi connectivity index (χ1) is 12.1. The van der Waals surface area contributed by atoms with E-state index in [1.54, 1.807) is 6.20 Å². The summed E-state index contributed by atoms with van der Waals surface area (Å²) in [4.78, 5) is 10.0. The number of hydrogen-bond donors (Lipinski definition) is 0. The van der Waals surface area contributed by atoms with Crippen molar-refractivity contribution < 1.29 is 18.0 Å². The third-order valence-corrected chi connectivity index (χ3v) is 6.95. The Kier molecular flexibility index (Phi) is 5.13. The van der Waals surface area contributed by atoms with Crippen LogP contribution >= 0.6 is 0 Å². The Bertz CT molecular complexity index is 687. The number of aromatic nitrogens is 2. The van der Waals surface area contributed by atoms with Gasteiger partial charge in [-0.2, -0.15) is 5.06 Å². The van der Waals surface area contributed by atoms with E-state index in [-0.39, 0.29) is 17.0 Å². The zero-order chi connectivity index (χ0) is 17.3. The maximum atomic E-state index is 12.8. The number of rotatable bonds is 7. The SMILES string of the molecule is O=S(=O)(CC1CC1)c1ncc(CN2CCCCO2)n1C[C@@H]1CCCO1. The van der Waals surface area contributed by atoms with E-state index in [9.17, 15) is 8.42 Å². The predicted octanol–water partition coefficient (Wildman–Crippen LogP) is 1.77. The number of nitrogens with zero attached hydrogens (tertiary/aromatic N) is 3. The molecule has 0 radical (unpaired) electrons. The molecule has 1 saturated carbocycles. The molecule has 4 rings (SSSR count). The van der Waals surface area contributed by atoms with Gasteiger partial charge in [-0.25, -0.2) is 13.4 Å². The third kappa shape index (κ3) is 4.24. The molecule has 1 atom stereocenters. The molecule has 1 aliphatic carbocycles. The second-order valence-electron chi connectivity index (χ2n) is 7.41. The average Bonchev–Trinajstić information content (AvgIpc) is 3.09. The topological polar surface area (TPSA) is 73.7 Å². The van der Waals surface area contributed by atoms with Gasteiger partial charge in [0.15, 0.2) is 0 Å². The molecule has 8 heteroatoms. The van der Waals surface area contributed by atoms with Crippen LogP contribution in [0.3, 0.4) is 0 Å². The number of hydrogen-bond acceptors (Lipinski definition) is 6. The highest BCUT2D eigenvalue weighted by atomic mass is 32.2. The molecule has 2 aliphatic heterocycles. The molecule has 3 aliphatic rings. The highest BCUT2D eigenvalue weighted by molar-refractivity contribution is 7.91. The van der Waals surface area contributed by atoms with Crippen molar-refractivity contribution in [1.29, 1.82) is 0 Å². The van der Waals surface area contributed by atoms with Gasteiger partial charge in [-0.3, -0.25) is 4.84 Å². The Hall–Kier alpha value is -0.960. The maximum absolute atomic E-state index is 12.8. The summed E-state index contributed by atoms with van der Waals surface area (Å²) >= 11 is 0. The standard InChI is InChI=1S/C17H27N3O4S/c21-25(22,13-14-5-6-14)17-18-10-15(11-19-7-1-2-9-24-19)20(17)12-16-4-3-8-23-16/h10,14,16H,1-9,11-13H2/t16-/m0/s1. The van der Waals surface area contributed by atoms with Crippen LogP contribution in [0.2, 0.25) is 0 Å². The van der Waals surface area contributed by atoms with Crippen LogP contribution in [-0.2, 0) is 32.5 Å². The Morgan fingerprint density at radius 3 is 2.72 bits per heavy atom. The molecule has 0 amide bonds. The van der Waals surface area contributed by atoms with Crippen LogP contribution in [-0.4, -0.2) is 54.6 Å². The summed E-state index contributed by atoms with van der Waals surface area (Å²) in [5.41, 5.74) is 0.895. The number of imidazole rings is 1. The van der Waals surface area contributed by atoms with E-state index in [2.05, 4.69) is 4.98 Å². The first kappa shape index (κ1) is 17.5. The normalized spacial score (nSPS) is 25.5. The molecule has 0 aromatic carbocycles. The zero-order valence-electron chi connectivity index (χ0n) is 14.6. The van der Waals surface area contributed by atoms with Crippen LogP contribution in [0, 0.1) is 5.92 Å². The first-order valence-electron chi connectivity index (χ1n) is 9.38. The number of hydroxylamine groups is 2. The molecule has 0 bridgehead atoms. The largest absolute Gasteiger partial charge is 0.376 e. The van der Waals surface area contributed by atoms with Gasteiger partial charge in [-0.05, 0) is 44.4 Å². The van der Waals surface area contributed by atoms with Crippen molar-refractivity contribution in [2.45, 2.75) is 62.9 Å². The monoisotopic (exact) mass is 369 g/mol. The number of ether oxygens (including phenoxy) is 1. The quantitative estimate of drug-likeness (QED) is 0.729. The Labute approximate surface area is 149 Å². The summed E-state index contributed by atoms with van der Waals surface area (Å²) in [5.74, 6) is 0.529. The maximum Gasteiger partial charge on any atom is 0.227 e. The molecule has 1 aromatic heterocycles. The van der Waals surface area contributed by atoms with Crippen molar-refractivity contribution in [3.8, 4) is 0 Å². The molecule has 140 valence electrons. The second kappa shape index (κ2) is 7.34. The molecule has 3 fully saturated rings. The van der Waals surface area contributed by atoms with E-state index in [0.717, 1.165) is 64.0 Å². The lowest BCUT2D eigenvalue weighted by atomic mass is 10.2. The second-order valence-corrected chi connectivity index (χ2v) is 9.33. The van der Waals surface area contributed by atoms with Crippen molar-refractivity contribution in [3.05, 3.63) is 11.9 Å². The van der Waals surface area contributed by atoms with Gasteiger partial charge in [0.2, 0.25) is 15.0 Å². The molecule has 1 aromatic rings. The molecule has 2 saturated heterocycles. The minimum atomic E-state index is -3.35. The summed E-state index contributed by atoms with van der Waals surface area (Å²) in [6, 6.07) is 0. The highest BCUT2D eigenvalue weighted by Crippen LogP contribution is 2.32. The zero-order valence-corrected chi connectivity index (χ0v) is 15.4. The minimum absolute atomic E-state index is 0.0742. The highest BCUT2D eigenvalue weighted by Gasteiger charge is 2.33. The van der Waals surface area contributed by atoms with Crippen LogP contribution < -0.4 is 0 Å². The van der Waals surface area contributed by atoms with Gasteiger partial charge in [-0.15, -0.1) is 0 Å². The van der Waals surface area contributed by atoms with Crippen LogP contribution in [0.4, 0.5) is 0 Å². The van der Waals surface area contributed by atoms with Gasteiger partial charge in [0, 0.05) is 13.2 Å². The van der Waals surface area contributed by atoms with Gasteiger partial charge in [-0.1, -0.05) is 0 Å². The fourth-order valence-electron chi connectivity index (χ4n) is 3.58. The van der Waals surface area contributed by atoms with E-state index >= 15 is 0 Å². The van der Waals surface area contributed by atoms with Gasteiger partial charge in [0.25, 0.3) is 0 Å². The van der Waals surface area contributed by atoms with Crippen molar-refractivity contribution in [3.63, 3.8) is 0 Å². The van der Waals surface area contributed by atoms with Crippen molar-refractivity contribution >= 4 is 9.84 Å². The molecule has 7 nitrogen and oxygen atoms in total. The fourth-order valence-corrected chi connectivity index (χ4v) is 5.42. The summed E-state index contributed by atoms with van der Waals surface area (Å²) < 4.78 is 33.2. The van der Waals surface area contributed by atoms with Crippen molar-refractivity contribution in [2.75, 3.05) is 25.5 Å². The summed E-state index contributed by atoms with van der Waals surface area (Å²) in [6.07, 6.45) is 7.99. The van der Waals surface area contributed by atoms with E-state index in [1.165, 1.54) is 0 Å². The Morgan fingerprint density at radius 1 is 1.16 bits per heavy atom. The lowest BCUT2D eigenvalue weighted by Crippen LogP contribution is -2.31. The predicted molar refractivity (Wildman–Crippen MR) is 91.6 cm³/mol. The van der Waals surface area contributed by atoms with E-state index in [0.29, 0.717) is 19.0 Å². The van der Waals surface area contributed by atoms with Gasteiger partial charge >= 0.3 is 0 Å². The lowest BCUT2D eigenvalue weighted by molar-refractivity contribution is -0.188. The van der Waals surface area contributed by atoms with Crippen molar-refractivity contribution in [2.24, 2.45) is 5.92 Å². The molecule has 0 spiro atoms. The summed E-state index contributed by atoms with van der Waals surface area (Å²) in [5, 5.41) is 2.13. The van der Waals surface area contributed by atoms with Gasteiger partial charge in [0.05, 0.1) is 43.4 Å². The van der Waals surface area contributed by atoms with Crippen LogP contribution in [0.1, 0.15) is 44.2 Å².